The number of amides is 2. The van der Waals surface area contributed by atoms with Gasteiger partial charge in [0.2, 0.25) is 11.8 Å². The predicted octanol–water partition coefficient (Wildman–Crippen LogP) is 2.03. The lowest BCUT2D eigenvalue weighted by Gasteiger charge is -2.37. The van der Waals surface area contributed by atoms with Crippen LogP contribution in [-0.4, -0.2) is 57.5 Å². The second-order valence-electron chi connectivity index (χ2n) is 8.45. The summed E-state index contributed by atoms with van der Waals surface area (Å²) in [6.07, 6.45) is 1.52. The molecular weight excluding hydrogens is 396 g/mol. The van der Waals surface area contributed by atoms with Crippen molar-refractivity contribution < 1.29 is 19.1 Å². The van der Waals surface area contributed by atoms with Gasteiger partial charge in [0.1, 0.15) is 11.4 Å². The van der Waals surface area contributed by atoms with Crippen LogP contribution in [0.3, 0.4) is 0 Å². The van der Waals surface area contributed by atoms with E-state index in [1.54, 1.807) is 17.0 Å². The molecule has 0 aliphatic carbocycles. The van der Waals surface area contributed by atoms with Gasteiger partial charge in [0.15, 0.2) is 5.78 Å². The minimum Gasteiger partial charge on any atom is -0.486 e. The standard InChI is InChI=1S/C23H28N4O4/c1-16-13-17(2)27(25-16)12-10-24-21(29)15-26-11-9-23(8-7-22(26)30)14-19(28)18-5-3-4-6-20(18)31-23/h3-6,13H,7-12,14-15H2,1-2H3,(H,24,29)/t23-/m0/s1. The molecule has 1 saturated heterocycles. The van der Waals surface area contributed by atoms with Gasteiger partial charge in [-0.15, -0.1) is 0 Å². The Morgan fingerprint density at radius 2 is 2.03 bits per heavy atom. The molecule has 0 bridgehead atoms. The smallest absolute Gasteiger partial charge is 0.239 e. The van der Waals surface area contributed by atoms with Crippen LogP contribution in [0.2, 0.25) is 0 Å². The Morgan fingerprint density at radius 1 is 1.23 bits per heavy atom. The van der Waals surface area contributed by atoms with E-state index in [2.05, 4.69) is 10.4 Å². The SMILES string of the molecule is Cc1cc(C)n(CCNC(=O)CN2CC[C@@]3(CCC2=O)CC(=O)c2ccccc2O3)n1. The normalized spacial score (nSPS) is 20.9. The van der Waals surface area contributed by atoms with Crippen LogP contribution in [0.1, 0.15) is 47.4 Å². The first-order chi connectivity index (χ1) is 14.8. The van der Waals surface area contributed by atoms with Gasteiger partial charge in [-0.1, -0.05) is 12.1 Å². The van der Waals surface area contributed by atoms with Crippen LogP contribution in [0.4, 0.5) is 0 Å². The lowest BCUT2D eigenvalue weighted by Crippen LogP contribution is -2.44. The molecule has 1 aromatic carbocycles. The fraction of sp³-hybridized carbons (Fsp3) is 0.478. The van der Waals surface area contributed by atoms with Crippen molar-refractivity contribution in [3.8, 4) is 5.75 Å². The highest BCUT2D eigenvalue weighted by Gasteiger charge is 2.43. The maximum Gasteiger partial charge on any atom is 0.239 e. The van der Waals surface area contributed by atoms with Crippen LogP contribution in [0, 0.1) is 13.8 Å². The van der Waals surface area contributed by atoms with Crippen molar-refractivity contribution in [3.05, 3.63) is 47.3 Å². The largest absolute Gasteiger partial charge is 0.486 e. The van der Waals surface area contributed by atoms with Crippen LogP contribution in [0.25, 0.3) is 0 Å². The molecule has 4 rings (SSSR count). The topological polar surface area (TPSA) is 93.5 Å². The number of nitrogens with zero attached hydrogens (tertiary/aromatic N) is 3. The number of benzene rings is 1. The van der Waals surface area contributed by atoms with Crippen LogP contribution >= 0.6 is 0 Å². The van der Waals surface area contributed by atoms with Crippen molar-refractivity contribution in [1.29, 1.82) is 0 Å². The Kier molecular flexibility index (Phi) is 5.80. The molecule has 0 unspecified atom stereocenters. The highest BCUT2D eigenvalue weighted by molar-refractivity contribution is 6.00. The van der Waals surface area contributed by atoms with Gasteiger partial charge in [-0.05, 0) is 38.5 Å². The monoisotopic (exact) mass is 424 g/mol. The van der Waals surface area contributed by atoms with E-state index in [-0.39, 0.29) is 37.0 Å². The van der Waals surface area contributed by atoms with E-state index < -0.39 is 5.60 Å². The summed E-state index contributed by atoms with van der Waals surface area (Å²) in [6, 6.07) is 9.23. The Morgan fingerprint density at radius 3 is 2.81 bits per heavy atom. The zero-order valence-electron chi connectivity index (χ0n) is 18.0. The number of likely N-dealkylation sites (tertiary alicyclic amines) is 1. The molecule has 2 aliphatic heterocycles. The fourth-order valence-electron chi connectivity index (χ4n) is 4.40. The minimum absolute atomic E-state index is 0.0105. The third kappa shape index (κ3) is 4.62. The van der Waals surface area contributed by atoms with Gasteiger partial charge >= 0.3 is 0 Å². The maximum absolute atomic E-state index is 12.6. The molecule has 0 saturated carbocycles. The molecule has 2 aromatic rings. The van der Waals surface area contributed by atoms with E-state index in [1.165, 1.54) is 0 Å². The number of para-hydroxylation sites is 1. The van der Waals surface area contributed by atoms with Crippen molar-refractivity contribution >= 4 is 17.6 Å². The molecule has 2 amide bonds. The molecule has 0 radical (unpaired) electrons. The van der Waals surface area contributed by atoms with Crippen molar-refractivity contribution in [2.45, 2.75) is 51.7 Å². The van der Waals surface area contributed by atoms with Crippen molar-refractivity contribution in [2.75, 3.05) is 19.6 Å². The number of ketones is 1. The number of hydrogen-bond acceptors (Lipinski definition) is 5. The van der Waals surface area contributed by atoms with Gasteiger partial charge in [-0.25, -0.2) is 0 Å². The number of nitrogens with one attached hydrogen (secondary N) is 1. The first-order valence-corrected chi connectivity index (χ1v) is 10.7. The Hall–Kier alpha value is -3.16. The molecule has 3 heterocycles. The minimum atomic E-state index is -0.679. The summed E-state index contributed by atoms with van der Waals surface area (Å²) in [5, 5.41) is 7.25. The van der Waals surface area contributed by atoms with E-state index in [9.17, 15) is 14.4 Å². The van der Waals surface area contributed by atoms with Gasteiger partial charge in [-0.3, -0.25) is 19.1 Å². The number of aromatic nitrogens is 2. The number of carbonyl (C=O) groups is 3. The average molecular weight is 425 g/mol. The number of aryl methyl sites for hydroxylation is 2. The van der Waals surface area contributed by atoms with E-state index >= 15 is 0 Å². The lowest BCUT2D eigenvalue weighted by atomic mass is 9.84. The molecular formula is C23H28N4O4. The molecule has 8 heteroatoms. The summed E-state index contributed by atoms with van der Waals surface area (Å²) in [6.45, 7) is 5.33. The number of ether oxygens (including phenoxy) is 1. The Labute approximate surface area is 181 Å². The van der Waals surface area contributed by atoms with E-state index in [0.29, 0.717) is 43.8 Å². The fourth-order valence-corrected chi connectivity index (χ4v) is 4.40. The summed E-state index contributed by atoms with van der Waals surface area (Å²) in [4.78, 5) is 39.2. The third-order valence-corrected chi connectivity index (χ3v) is 6.06. The molecule has 1 fully saturated rings. The zero-order chi connectivity index (χ0) is 22.0. The van der Waals surface area contributed by atoms with Gasteiger partial charge < -0.3 is 15.0 Å². The molecule has 2 aliphatic rings. The van der Waals surface area contributed by atoms with Gasteiger partial charge in [0, 0.05) is 31.6 Å². The van der Waals surface area contributed by atoms with Gasteiger partial charge in [0.25, 0.3) is 0 Å². The average Bonchev–Trinajstić information content (AvgIpc) is 2.98. The Bertz CT molecular complexity index is 1010. The van der Waals surface area contributed by atoms with Crippen LogP contribution in [0.15, 0.2) is 30.3 Å². The predicted molar refractivity (Wildman–Crippen MR) is 114 cm³/mol. The number of Topliss-reactive ketones (excluding diaryl/α,β-unsaturated/α-hetero) is 1. The van der Waals surface area contributed by atoms with Crippen molar-refractivity contribution in [2.24, 2.45) is 0 Å². The van der Waals surface area contributed by atoms with Crippen molar-refractivity contribution in [1.82, 2.24) is 20.0 Å². The molecule has 1 atom stereocenters. The second kappa shape index (κ2) is 8.53. The van der Waals surface area contributed by atoms with E-state index in [1.807, 2.05) is 36.7 Å². The van der Waals surface area contributed by atoms with Crippen LogP contribution in [0.5, 0.6) is 5.75 Å². The first kappa shape index (κ1) is 21.1. The van der Waals surface area contributed by atoms with Crippen LogP contribution in [-0.2, 0) is 16.1 Å². The quantitative estimate of drug-likeness (QED) is 0.793. The summed E-state index contributed by atoms with van der Waals surface area (Å²) in [5.74, 6) is 0.350. The van der Waals surface area contributed by atoms with Crippen molar-refractivity contribution in [3.63, 3.8) is 0 Å². The van der Waals surface area contributed by atoms with Gasteiger partial charge in [0.05, 0.1) is 30.8 Å². The molecule has 164 valence electrons. The number of rotatable bonds is 5. The summed E-state index contributed by atoms with van der Waals surface area (Å²) >= 11 is 0. The Balaban J connectivity index is 1.32. The molecule has 8 nitrogen and oxygen atoms in total. The van der Waals surface area contributed by atoms with E-state index in [4.69, 9.17) is 4.74 Å². The summed E-state index contributed by atoms with van der Waals surface area (Å²) in [5.41, 5.74) is 1.91. The molecule has 1 spiro atoms. The first-order valence-electron chi connectivity index (χ1n) is 10.7. The maximum atomic E-state index is 12.6. The number of fused-ring (bicyclic) bond motifs is 1. The molecule has 31 heavy (non-hydrogen) atoms. The summed E-state index contributed by atoms with van der Waals surface area (Å²) in [7, 11) is 0. The lowest BCUT2D eigenvalue weighted by molar-refractivity contribution is -0.135. The molecule has 1 aromatic heterocycles. The van der Waals surface area contributed by atoms with Gasteiger partial charge in [-0.2, -0.15) is 5.10 Å². The zero-order valence-corrected chi connectivity index (χ0v) is 18.0. The van der Waals surface area contributed by atoms with Crippen LogP contribution < -0.4 is 10.1 Å². The second-order valence-corrected chi connectivity index (χ2v) is 8.45. The molecule has 1 N–H and O–H groups in total. The highest BCUT2D eigenvalue weighted by Crippen LogP contribution is 2.39. The number of hydrogen-bond donors (Lipinski definition) is 1. The number of carbonyl (C=O) groups excluding carboxylic acids is 3. The highest BCUT2D eigenvalue weighted by atomic mass is 16.5. The third-order valence-electron chi connectivity index (χ3n) is 6.06. The van der Waals surface area contributed by atoms with E-state index in [0.717, 1.165) is 11.4 Å². The summed E-state index contributed by atoms with van der Waals surface area (Å²) < 4.78 is 8.08.